The normalized spacial score (nSPS) is 18.5. The van der Waals surface area contributed by atoms with Crippen molar-refractivity contribution < 1.29 is 28.7 Å². The van der Waals surface area contributed by atoms with E-state index in [0.29, 0.717) is 6.54 Å². The number of likely N-dealkylation sites (tertiary alicyclic amines) is 1. The number of carbonyl (C=O) groups is 4. The van der Waals surface area contributed by atoms with E-state index in [1.54, 1.807) is 13.8 Å². The van der Waals surface area contributed by atoms with Gasteiger partial charge in [0.25, 0.3) is 0 Å². The number of carboxylic acid groups (broad SMARTS) is 1. The molecular formula is C23H31FN2O5. The fraction of sp³-hybridized carbons (Fsp3) is 0.565. The second kappa shape index (κ2) is 11.7. The maximum Gasteiger partial charge on any atom is 0.305 e. The summed E-state index contributed by atoms with van der Waals surface area (Å²) in [6.07, 6.45) is 0.0430. The molecule has 0 radical (unpaired) electrons. The number of carboxylic acids is 1. The molecule has 1 amide bonds. The van der Waals surface area contributed by atoms with Crippen molar-refractivity contribution in [2.45, 2.75) is 45.7 Å². The molecule has 0 bridgehead atoms. The van der Waals surface area contributed by atoms with Crippen molar-refractivity contribution in [3.05, 3.63) is 35.9 Å². The fourth-order valence-corrected chi connectivity index (χ4v) is 3.89. The zero-order valence-electron chi connectivity index (χ0n) is 18.1. The molecule has 0 spiro atoms. The first-order valence-corrected chi connectivity index (χ1v) is 10.6. The zero-order chi connectivity index (χ0) is 23.0. The molecule has 1 aliphatic heterocycles. The van der Waals surface area contributed by atoms with Gasteiger partial charge in [0.15, 0.2) is 5.78 Å². The average Bonchev–Trinajstić information content (AvgIpc) is 3.19. The van der Waals surface area contributed by atoms with E-state index in [9.17, 15) is 23.6 Å². The van der Waals surface area contributed by atoms with Crippen molar-refractivity contribution in [3.8, 4) is 0 Å². The molecule has 31 heavy (non-hydrogen) atoms. The highest BCUT2D eigenvalue weighted by atomic mass is 19.1. The molecule has 0 aromatic heterocycles. The summed E-state index contributed by atoms with van der Waals surface area (Å²) in [5, 5.41) is 11.3. The molecule has 8 heteroatoms. The number of halogens is 1. The van der Waals surface area contributed by atoms with Gasteiger partial charge in [-0.15, -0.1) is 0 Å². The molecule has 1 fully saturated rings. The van der Waals surface area contributed by atoms with Crippen LogP contribution in [0.5, 0.6) is 0 Å². The number of alkyl halides is 1. The number of ketones is 2. The first-order chi connectivity index (χ1) is 14.7. The molecule has 2 N–H and O–H groups in total. The number of nitrogens with zero attached hydrogens (tertiary/aromatic N) is 1. The minimum Gasteiger partial charge on any atom is -0.481 e. The van der Waals surface area contributed by atoms with Crippen molar-refractivity contribution in [2.24, 2.45) is 17.8 Å². The molecule has 1 aliphatic rings. The van der Waals surface area contributed by atoms with Gasteiger partial charge in [-0.05, 0) is 24.4 Å². The summed E-state index contributed by atoms with van der Waals surface area (Å²) >= 11 is 0. The third kappa shape index (κ3) is 7.54. The number of nitrogens with one attached hydrogen (secondary N) is 1. The van der Waals surface area contributed by atoms with Gasteiger partial charge in [-0.1, -0.05) is 44.2 Å². The third-order valence-corrected chi connectivity index (χ3v) is 5.75. The quantitative estimate of drug-likeness (QED) is 0.523. The Bertz CT molecular complexity index is 783. The lowest BCUT2D eigenvalue weighted by Gasteiger charge is -2.24. The van der Waals surface area contributed by atoms with Crippen molar-refractivity contribution in [1.82, 2.24) is 10.2 Å². The van der Waals surface area contributed by atoms with Gasteiger partial charge in [-0.25, -0.2) is 4.39 Å². The fourth-order valence-electron chi connectivity index (χ4n) is 3.89. The van der Waals surface area contributed by atoms with Crippen LogP contribution in [0.4, 0.5) is 4.39 Å². The summed E-state index contributed by atoms with van der Waals surface area (Å²) in [5.41, 5.74) is 1.18. The number of hydrogen-bond donors (Lipinski definition) is 2. The van der Waals surface area contributed by atoms with Gasteiger partial charge in [0, 0.05) is 31.3 Å². The van der Waals surface area contributed by atoms with E-state index in [4.69, 9.17) is 5.11 Å². The van der Waals surface area contributed by atoms with Crippen LogP contribution in [-0.4, -0.2) is 59.3 Å². The van der Waals surface area contributed by atoms with E-state index >= 15 is 0 Å². The van der Waals surface area contributed by atoms with Crippen LogP contribution in [0.25, 0.3) is 0 Å². The van der Waals surface area contributed by atoms with Crippen LogP contribution in [0.2, 0.25) is 0 Å². The van der Waals surface area contributed by atoms with E-state index in [0.717, 1.165) is 19.5 Å². The summed E-state index contributed by atoms with van der Waals surface area (Å²) < 4.78 is 12.8. The van der Waals surface area contributed by atoms with Gasteiger partial charge < -0.3 is 10.4 Å². The number of hydrogen-bond acceptors (Lipinski definition) is 5. The zero-order valence-corrected chi connectivity index (χ0v) is 18.1. The second-order valence-electron chi connectivity index (χ2n) is 8.49. The largest absolute Gasteiger partial charge is 0.481 e. The molecule has 0 aliphatic carbocycles. The van der Waals surface area contributed by atoms with Crippen molar-refractivity contribution in [3.63, 3.8) is 0 Å². The number of Topliss-reactive ketones (excluding diaryl/α,β-unsaturated/α-hetero) is 2. The summed E-state index contributed by atoms with van der Waals surface area (Å²) in [4.78, 5) is 50.4. The Hall–Kier alpha value is -2.61. The number of rotatable bonds is 12. The van der Waals surface area contributed by atoms with E-state index in [-0.39, 0.29) is 24.0 Å². The molecule has 0 saturated carbocycles. The number of benzene rings is 1. The highest BCUT2D eigenvalue weighted by Crippen LogP contribution is 2.25. The standard InChI is InChI=1S/C23H31FN2O5/c1-15(2)18(23(31)25-19(11-22(29)30)21(28)12-24)10-20(27)17-8-9-26(14-17)13-16-6-4-3-5-7-16/h3-7,15,17-19H,8-14H2,1-2H3,(H,25,31)(H,29,30)/t17?,18-,19?/m0/s1. The van der Waals surface area contributed by atoms with Crippen LogP contribution in [-0.2, 0) is 25.7 Å². The van der Waals surface area contributed by atoms with Crippen LogP contribution in [0.3, 0.4) is 0 Å². The monoisotopic (exact) mass is 434 g/mol. The Morgan fingerprint density at radius 2 is 1.84 bits per heavy atom. The third-order valence-electron chi connectivity index (χ3n) is 5.75. The van der Waals surface area contributed by atoms with Crippen LogP contribution in [0, 0.1) is 17.8 Å². The summed E-state index contributed by atoms with van der Waals surface area (Å²) in [7, 11) is 0. The second-order valence-corrected chi connectivity index (χ2v) is 8.49. The van der Waals surface area contributed by atoms with E-state index in [1.165, 1.54) is 5.56 Å². The van der Waals surface area contributed by atoms with Crippen LogP contribution in [0.15, 0.2) is 30.3 Å². The molecule has 2 unspecified atom stereocenters. The smallest absolute Gasteiger partial charge is 0.305 e. The van der Waals surface area contributed by atoms with Crippen molar-refractivity contribution in [1.29, 1.82) is 0 Å². The molecule has 1 saturated heterocycles. The average molecular weight is 435 g/mol. The summed E-state index contributed by atoms with van der Waals surface area (Å²) in [6, 6.07) is 8.57. The lowest BCUT2D eigenvalue weighted by molar-refractivity contribution is -0.141. The number of amides is 1. The van der Waals surface area contributed by atoms with Gasteiger partial charge in [0.2, 0.25) is 5.91 Å². The molecular weight excluding hydrogens is 403 g/mol. The SMILES string of the molecule is CC(C)[C@H](CC(=O)C1CCN(Cc2ccccc2)C1)C(=O)NC(CC(=O)O)C(=O)CF. The van der Waals surface area contributed by atoms with Crippen molar-refractivity contribution in [2.75, 3.05) is 19.8 Å². The molecule has 3 atom stereocenters. The predicted molar refractivity (Wildman–Crippen MR) is 113 cm³/mol. The highest BCUT2D eigenvalue weighted by molar-refractivity contribution is 5.94. The van der Waals surface area contributed by atoms with E-state index in [2.05, 4.69) is 10.2 Å². The maximum atomic E-state index is 12.9. The van der Waals surface area contributed by atoms with Gasteiger partial charge in [0.1, 0.15) is 18.5 Å². The van der Waals surface area contributed by atoms with E-state index < -0.39 is 42.7 Å². The van der Waals surface area contributed by atoms with Gasteiger partial charge in [-0.2, -0.15) is 0 Å². The first kappa shape index (κ1) is 24.7. The van der Waals surface area contributed by atoms with Crippen LogP contribution >= 0.6 is 0 Å². The minimum atomic E-state index is -1.43. The van der Waals surface area contributed by atoms with Crippen LogP contribution in [0.1, 0.15) is 38.7 Å². The molecule has 1 aromatic rings. The molecule has 7 nitrogen and oxygen atoms in total. The maximum absolute atomic E-state index is 12.9. The predicted octanol–water partition coefficient (Wildman–Crippen LogP) is 2.24. The van der Waals surface area contributed by atoms with E-state index in [1.807, 2.05) is 30.3 Å². The Labute approximate surface area is 182 Å². The summed E-state index contributed by atoms with van der Waals surface area (Å²) in [5.74, 6) is -3.98. The Balaban J connectivity index is 1.95. The van der Waals surface area contributed by atoms with Gasteiger partial charge in [0.05, 0.1) is 6.42 Å². The van der Waals surface area contributed by atoms with Crippen LogP contribution < -0.4 is 5.32 Å². The highest BCUT2D eigenvalue weighted by Gasteiger charge is 2.34. The first-order valence-electron chi connectivity index (χ1n) is 10.6. The Morgan fingerprint density at radius 1 is 1.16 bits per heavy atom. The lowest BCUT2D eigenvalue weighted by Crippen LogP contribution is -2.47. The molecule has 2 rings (SSSR count). The summed E-state index contributed by atoms with van der Waals surface area (Å²) in [6.45, 7) is 4.41. The number of carbonyl (C=O) groups excluding carboxylic acids is 3. The molecule has 1 heterocycles. The molecule has 170 valence electrons. The Morgan fingerprint density at radius 3 is 2.42 bits per heavy atom. The Kier molecular flexibility index (Phi) is 9.30. The topological polar surface area (TPSA) is 104 Å². The minimum absolute atomic E-state index is 0.0109. The molecule has 1 aromatic carbocycles. The van der Waals surface area contributed by atoms with Crippen molar-refractivity contribution >= 4 is 23.4 Å². The number of aliphatic carboxylic acids is 1. The van der Waals surface area contributed by atoms with Gasteiger partial charge >= 0.3 is 5.97 Å². The lowest BCUT2D eigenvalue weighted by atomic mass is 9.85. The van der Waals surface area contributed by atoms with Gasteiger partial charge in [-0.3, -0.25) is 24.1 Å².